The van der Waals surface area contributed by atoms with E-state index in [9.17, 15) is 13.2 Å². The van der Waals surface area contributed by atoms with Crippen molar-refractivity contribution in [2.45, 2.75) is 30.7 Å². The fourth-order valence-electron chi connectivity index (χ4n) is 1.94. The molecule has 0 atom stereocenters. The highest BCUT2D eigenvalue weighted by atomic mass is 32.2. The summed E-state index contributed by atoms with van der Waals surface area (Å²) in [6.45, 7) is 1.71. The highest BCUT2D eigenvalue weighted by Crippen LogP contribution is 2.37. The fraction of sp³-hybridized carbons (Fsp3) is 0.364. The molecule has 0 amide bonds. The third-order valence-electron chi connectivity index (χ3n) is 3.04. The van der Waals surface area contributed by atoms with Gasteiger partial charge < -0.3 is 9.67 Å². The highest BCUT2D eigenvalue weighted by Gasteiger charge is 2.30. The van der Waals surface area contributed by atoms with Crippen LogP contribution in [-0.4, -0.2) is 34.3 Å². The predicted octanol–water partition coefficient (Wildman–Crippen LogP) is 1.48. The van der Waals surface area contributed by atoms with Crippen LogP contribution >= 0.6 is 11.3 Å². The topological polar surface area (TPSA) is 114 Å². The Kier molecular flexibility index (Phi) is 3.21. The SMILES string of the molecule is Cc1nnc(NS(=O)(=O)c2cc(C(=O)O)n(C3CC3)c2)s1. The van der Waals surface area contributed by atoms with Gasteiger partial charge in [0.05, 0.1) is 0 Å². The van der Waals surface area contributed by atoms with E-state index >= 15 is 0 Å². The Balaban J connectivity index is 1.95. The Morgan fingerprint density at radius 1 is 1.48 bits per heavy atom. The zero-order chi connectivity index (χ0) is 15.2. The van der Waals surface area contributed by atoms with Crippen LogP contribution in [0, 0.1) is 6.92 Å². The Labute approximate surface area is 124 Å². The van der Waals surface area contributed by atoms with E-state index in [4.69, 9.17) is 5.11 Å². The number of nitrogens with one attached hydrogen (secondary N) is 1. The molecule has 2 aromatic rings. The fourth-order valence-corrected chi connectivity index (χ4v) is 3.79. The minimum absolute atomic E-state index is 0.0219. The Bertz CT molecular complexity index is 804. The minimum atomic E-state index is -3.87. The van der Waals surface area contributed by atoms with Crippen LogP contribution in [0.15, 0.2) is 17.2 Å². The van der Waals surface area contributed by atoms with Crippen molar-refractivity contribution < 1.29 is 18.3 Å². The molecule has 0 spiro atoms. The molecule has 0 aromatic carbocycles. The maximum absolute atomic E-state index is 12.3. The number of hydrogen-bond acceptors (Lipinski definition) is 6. The predicted molar refractivity (Wildman–Crippen MR) is 75.1 cm³/mol. The summed E-state index contributed by atoms with van der Waals surface area (Å²) in [6, 6.07) is 1.24. The van der Waals surface area contributed by atoms with Crippen LogP contribution in [-0.2, 0) is 10.0 Å². The molecule has 10 heteroatoms. The van der Waals surface area contributed by atoms with E-state index in [-0.39, 0.29) is 21.8 Å². The number of nitrogens with zero attached hydrogens (tertiary/aromatic N) is 3. The van der Waals surface area contributed by atoms with Crippen LogP contribution in [0.25, 0.3) is 0 Å². The van der Waals surface area contributed by atoms with E-state index in [0.29, 0.717) is 5.01 Å². The Hall–Kier alpha value is -1.94. The standard InChI is InChI=1S/C11H12N4O4S2/c1-6-12-13-11(20-6)14-21(18,19)8-4-9(10(16)17)15(5-8)7-2-3-7/h4-5,7H,2-3H2,1H3,(H,13,14)(H,16,17). The van der Waals surface area contributed by atoms with Crippen molar-refractivity contribution in [1.82, 2.24) is 14.8 Å². The van der Waals surface area contributed by atoms with Gasteiger partial charge in [-0.3, -0.25) is 4.72 Å². The molecule has 2 heterocycles. The molecule has 0 aliphatic heterocycles. The summed E-state index contributed by atoms with van der Waals surface area (Å²) in [7, 11) is -3.87. The van der Waals surface area contributed by atoms with E-state index in [1.807, 2.05) is 0 Å². The first-order valence-corrected chi connectivity index (χ1v) is 8.45. The minimum Gasteiger partial charge on any atom is -0.477 e. The first-order chi connectivity index (χ1) is 9.87. The molecule has 0 saturated heterocycles. The summed E-state index contributed by atoms with van der Waals surface area (Å²) in [5.41, 5.74) is -0.0219. The van der Waals surface area contributed by atoms with Gasteiger partial charge >= 0.3 is 5.97 Å². The number of aromatic carboxylic acids is 1. The first kappa shape index (κ1) is 14.0. The molecule has 0 unspecified atom stereocenters. The molecule has 1 aliphatic carbocycles. The number of rotatable bonds is 5. The van der Waals surface area contributed by atoms with E-state index in [1.54, 1.807) is 6.92 Å². The van der Waals surface area contributed by atoms with Crippen LogP contribution in [0.3, 0.4) is 0 Å². The third kappa shape index (κ3) is 2.76. The van der Waals surface area contributed by atoms with Crippen LogP contribution < -0.4 is 4.72 Å². The zero-order valence-corrected chi connectivity index (χ0v) is 12.6. The molecular weight excluding hydrogens is 316 g/mol. The van der Waals surface area contributed by atoms with Crippen LogP contribution in [0.5, 0.6) is 0 Å². The average Bonchev–Trinajstić information content (AvgIpc) is 2.99. The van der Waals surface area contributed by atoms with Gasteiger partial charge in [0.1, 0.15) is 15.6 Å². The molecule has 1 aliphatic rings. The number of carbonyl (C=O) groups is 1. The van der Waals surface area contributed by atoms with Crippen molar-refractivity contribution >= 4 is 32.5 Å². The second kappa shape index (κ2) is 4.81. The molecule has 2 aromatic heterocycles. The van der Waals surface area contributed by atoms with Crippen molar-refractivity contribution in [2.75, 3.05) is 4.72 Å². The molecule has 0 bridgehead atoms. The van der Waals surface area contributed by atoms with Gasteiger partial charge in [0, 0.05) is 12.2 Å². The molecule has 1 fully saturated rings. The van der Waals surface area contributed by atoms with Crippen molar-refractivity contribution in [3.63, 3.8) is 0 Å². The summed E-state index contributed by atoms with van der Waals surface area (Å²) in [5, 5.41) is 17.4. The van der Waals surface area contributed by atoms with Gasteiger partial charge in [0.25, 0.3) is 10.0 Å². The molecule has 2 N–H and O–H groups in total. The Morgan fingerprint density at radius 2 is 2.19 bits per heavy atom. The molecular formula is C11H12N4O4S2. The van der Waals surface area contributed by atoms with Gasteiger partial charge in [-0.15, -0.1) is 10.2 Å². The van der Waals surface area contributed by atoms with Gasteiger partial charge in [-0.2, -0.15) is 0 Å². The summed E-state index contributed by atoms with van der Waals surface area (Å²) in [5.74, 6) is -1.14. The number of aryl methyl sites for hydroxylation is 1. The first-order valence-electron chi connectivity index (χ1n) is 6.15. The van der Waals surface area contributed by atoms with E-state index in [2.05, 4.69) is 14.9 Å². The number of carboxylic acids is 1. The quantitative estimate of drug-likeness (QED) is 0.859. The maximum atomic E-state index is 12.3. The van der Waals surface area contributed by atoms with Crippen molar-refractivity contribution in [3.8, 4) is 0 Å². The van der Waals surface area contributed by atoms with E-state index in [0.717, 1.165) is 30.2 Å². The molecule has 112 valence electrons. The largest absolute Gasteiger partial charge is 0.477 e. The second-order valence-corrected chi connectivity index (χ2v) is 7.60. The van der Waals surface area contributed by atoms with Gasteiger partial charge in [-0.1, -0.05) is 11.3 Å². The lowest BCUT2D eigenvalue weighted by atomic mass is 10.4. The number of sulfonamides is 1. The lowest BCUT2D eigenvalue weighted by molar-refractivity contribution is 0.0685. The molecule has 3 rings (SSSR count). The van der Waals surface area contributed by atoms with E-state index < -0.39 is 16.0 Å². The van der Waals surface area contributed by atoms with Crippen LogP contribution in [0.1, 0.15) is 34.4 Å². The second-order valence-electron chi connectivity index (χ2n) is 4.74. The van der Waals surface area contributed by atoms with Crippen LogP contribution in [0.4, 0.5) is 5.13 Å². The van der Waals surface area contributed by atoms with Crippen molar-refractivity contribution in [2.24, 2.45) is 0 Å². The maximum Gasteiger partial charge on any atom is 0.352 e. The summed E-state index contributed by atoms with van der Waals surface area (Å²) >= 11 is 1.11. The van der Waals surface area contributed by atoms with Gasteiger partial charge in [-0.25, -0.2) is 13.2 Å². The molecule has 21 heavy (non-hydrogen) atoms. The van der Waals surface area contributed by atoms with Crippen molar-refractivity contribution in [1.29, 1.82) is 0 Å². The normalized spacial score (nSPS) is 15.1. The molecule has 0 radical (unpaired) electrons. The lowest BCUT2D eigenvalue weighted by Crippen LogP contribution is -2.12. The third-order valence-corrected chi connectivity index (χ3v) is 5.23. The average molecular weight is 328 g/mol. The lowest BCUT2D eigenvalue weighted by Gasteiger charge is -2.02. The monoisotopic (exact) mass is 328 g/mol. The summed E-state index contributed by atoms with van der Waals surface area (Å²) in [4.78, 5) is 11.1. The summed E-state index contributed by atoms with van der Waals surface area (Å²) in [6.07, 6.45) is 3.08. The molecule has 8 nitrogen and oxygen atoms in total. The Morgan fingerprint density at radius 3 is 2.71 bits per heavy atom. The zero-order valence-electron chi connectivity index (χ0n) is 11.0. The smallest absolute Gasteiger partial charge is 0.352 e. The number of aromatic nitrogens is 3. The van der Waals surface area contributed by atoms with Gasteiger partial charge in [0.15, 0.2) is 0 Å². The summed E-state index contributed by atoms with van der Waals surface area (Å²) < 4.78 is 28.3. The van der Waals surface area contributed by atoms with Gasteiger partial charge in [-0.05, 0) is 25.8 Å². The van der Waals surface area contributed by atoms with E-state index in [1.165, 1.54) is 10.8 Å². The number of hydrogen-bond donors (Lipinski definition) is 2. The number of carboxylic acid groups (broad SMARTS) is 1. The van der Waals surface area contributed by atoms with Crippen molar-refractivity contribution in [3.05, 3.63) is 23.0 Å². The highest BCUT2D eigenvalue weighted by molar-refractivity contribution is 7.93. The van der Waals surface area contributed by atoms with Crippen LogP contribution in [0.2, 0.25) is 0 Å². The van der Waals surface area contributed by atoms with Gasteiger partial charge in [0.2, 0.25) is 5.13 Å². The number of anilines is 1. The molecule has 1 saturated carbocycles.